The Kier molecular flexibility index (Phi) is 8.77. The average molecular weight is 328 g/mol. The first-order valence-electron chi connectivity index (χ1n) is 7.98. The molecule has 0 aliphatic carbocycles. The number of thioether (sulfide) groups is 1. The number of rotatable bonds is 9. The summed E-state index contributed by atoms with van der Waals surface area (Å²) in [6.07, 6.45) is 3.69. The van der Waals surface area contributed by atoms with E-state index in [9.17, 15) is 0 Å². The monoisotopic (exact) mass is 327 g/mol. The molecule has 1 unspecified atom stereocenters. The zero-order valence-electron chi connectivity index (χ0n) is 13.9. The molecule has 0 radical (unpaired) electrons. The summed E-state index contributed by atoms with van der Waals surface area (Å²) in [6.45, 7) is 10.0. The lowest BCUT2D eigenvalue weighted by Gasteiger charge is -2.25. The molecule has 0 spiro atoms. The van der Waals surface area contributed by atoms with Gasteiger partial charge < -0.3 is 5.32 Å². The Morgan fingerprint density at radius 1 is 1.29 bits per heavy atom. The first-order chi connectivity index (χ1) is 9.90. The zero-order chi connectivity index (χ0) is 15.7. The van der Waals surface area contributed by atoms with Gasteiger partial charge in [0.25, 0.3) is 0 Å². The second kappa shape index (κ2) is 9.76. The summed E-state index contributed by atoms with van der Waals surface area (Å²) < 4.78 is 0. The molecule has 0 aromatic heterocycles. The van der Waals surface area contributed by atoms with Crippen LogP contribution in [-0.2, 0) is 6.42 Å². The standard InChI is InChI=1S/C18H30ClNS/c1-5-21-11-7-9-16(14-20-18(2,3)4)12-15-8-6-10-17(19)13-15/h6,8,10,13,16,20H,5,7,9,11-12,14H2,1-4H3. The van der Waals surface area contributed by atoms with Crippen molar-refractivity contribution >= 4 is 23.4 Å². The minimum Gasteiger partial charge on any atom is -0.312 e. The molecule has 1 aromatic carbocycles. The van der Waals surface area contributed by atoms with E-state index < -0.39 is 0 Å². The van der Waals surface area contributed by atoms with Crippen LogP contribution in [-0.4, -0.2) is 23.6 Å². The fourth-order valence-corrected chi connectivity index (χ4v) is 3.21. The van der Waals surface area contributed by atoms with Crippen molar-refractivity contribution in [1.29, 1.82) is 0 Å². The predicted molar refractivity (Wildman–Crippen MR) is 98.6 cm³/mol. The minimum atomic E-state index is 0.185. The van der Waals surface area contributed by atoms with E-state index in [-0.39, 0.29) is 5.54 Å². The van der Waals surface area contributed by atoms with E-state index in [0.29, 0.717) is 5.92 Å². The first-order valence-corrected chi connectivity index (χ1v) is 9.51. The summed E-state index contributed by atoms with van der Waals surface area (Å²) in [6, 6.07) is 8.30. The highest BCUT2D eigenvalue weighted by Gasteiger charge is 2.15. The minimum absolute atomic E-state index is 0.185. The molecular formula is C18H30ClNS. The zero-order valence-corrected chi connectivity index (χ0v) is 15.5. The molecule has 1 nitrogen and oxygen atoms in total. The lowest BCUT2D eigenvalue weighted by atomic mass is 9.94. The third-order valence-corrected chi connectivity index (χ3v) is 4.66. The average Bonchev–Trinajstić information content (AvgIpc) is 2.40. The highest BCUT2D eigenvalue weighted by atomic mass is 35.5. The third kappa shape index (κ3) is 9.44. The second-order valence-corrected chi connectivity index (χ2v) is 8.50. The van der Waals surface area contributed by atoms with Gasteiger partial charge in [-0.15, -0.1) is 0 Å². The molecule has 0 heterocycles. The van der Waals surface area contributed by atoms with E-state index in [4.69, 9.17) is 11.6 Å². The normalized spacial score (nSPS) is 13.4. The molecular weight excluding hydrogens is 298 g/mol. The van der Waals surface area contributed by atoms with Crippen LogP contribution < -0.4 is 5.32 Å². The number of hydrogen-bond acceptors (Lipinski definition) is 2. The van der Waals surface area contributed by atoms with E-state index in [1.807, 2.05) is 17.8 Å². The van der Waals surface area contributed by atoms with E-state index in [1.54, 1.807) is 0 Å². The molecule has 21 heavy (non-hydrogen) atoms. The second-order valence-electron chi connectivity index (χ2n) is 6.67. The summed E-state index contributed by atoms with van der Waals surface area (Å²) in [4.78, 5) is 0. The Balaban J connectivity index is 2.53. The Hall–Kier alpha value is -0.180. The molecule has 0 aliphatic rings. The Morgan fingerprint density at radius 2 is 2.05 bits per heavy atom. The number of benzene rings is 1. The van der Waals surface area contributed by atoms with Crippen LogP contribution in [0.4, 0.5) is 0 Å². The van der Waals surface area contributed by atoms with Crippen LogP contribution in [0.1, 0.15) is 46.1 Å². The van der Waals surface area contributed by atoms with Crippen molar-refractivity contribution in [1.82, 2.24) is 5.32 Å². The van der Waals surface area contributed by atoms with Crippen molar-refractivity contribution in [2.45, 2.75) is 52.5 Å². The highest BCUT2D eigenvalue weighted by Crippen LogP contribution is 2.19. The fraction of sp³-hybridized carbons (Fsp3) is 0.667. The van der Waals surface area contributed by atoms with Gasteiger partial charge in [0.1, 0.15) is 0 Å². The molecule has 1 N–H and O–H groups in total. The summed E-state index contributed by atoms with van der Waals surface area (Å²) in [5.74, 6) is 3.18. The van der Waals surface area contributed by atoms with Gasteiger partial charge in [-0.3, -0.25) is 0 Å². The quantitative estimate of drug-likeness (QED) is 0.608. The van der Waals surface area contributed by atoms with Gasteiger partial charge in [-0.2, -0.15) is 11.8 Å². The molecule has 1 atom stereocenters. The van der Waals surface area contributed by atoms with Gasteiger partial charge in [0.05, 0.1) is 0 Å². The first kappa shape index (κ1) is 18.9. The van der Waals surface area contributed by atoms with Crippen molar-refractivity contribution in [3.63, 3.8) is 0 Å². The van der Waals surface area contributed by atoms with E-state index in [1.165, 1.54) is 29.9 Å². The number of hydrogen-bond donors (Lipinski definition) is 1. The molecule has 0 fully saturated rings. The van der Waals surface area contributed by atoms with Gasteiger partial charge in [-0.1, -0.05) is 30.7 Å². The molecule has 1 aromatic rings. The lowest BCUT2D eigenvalue weighted by molar-refractivity contribution is 0.355. The smallest absolute Gasteiger partial charge is 0.0408 e. The van der Waals surface area contributed by atoms with E-state index in [2.05, 4.69) is 51.2 Å². The number of halogens is 1. The van der Waals surface area contributed by atoms with Crippen LogP contribution in [0, 0.1) is 5.92 Å². The molecule has 0 saturated carbocycles. The number of nitrogens with one attached hydrogen (secondary N) is 1. The van der Waals surface area contributed by atoms with Crippen LogP contribution in [0.3, 0.4) is 0 Å². The van der Waals surface area contributed by atoms with Crippen LogP contribution in [0.15, 0.2) is 24.3 Å². The Morgan fingerprint density at radius 3 is 2.67 bits per heavy atom. The van der Waals surface area contributed by atoms with Gasteiger partial charge in [0, 0.05) is 10.6 Å². The molecule has 0 bridgehead atoms. The molecule has 0 amide bonds. The molecule has 3 heteroatoms. The Labute approximate surface area is 140 Å². The SMILES string of the molecule is CCSCCCC(CNC(C)(C)C)Cc1cccc(Cl)c1. The van der Waals surface area contributed by atoms with Crippen LogP contribution in [0.2, 0.25) is 5.02 Å². The van der Waals surface area contributed by atoms with Gasteiger partial charge in [-0.25, -0.2) is 0 Å². The van der Waals surface area contributed by atoms with Gasteiger partial charge in [0.15, 0.2) is 0 Å². The maximum absolute atomic E-state index is 6.10. The van der Waals surface area contributed by atoms with Gasteiger partial charge in [-0.05, 0) is 81.7 Å². The predicted octanol–water partition coefficient (Wildman–Crippen LogP) is 5.42. The molecule has 0 saturated heterocycles. The van der Waals surface area contributed by atoms with E-state index in [0.717, 1.165) is 18.0 Å². The molecule has 1 rings (SSSR count). The largest absolute Gasteiger partial charge is 0.312 e. The molecule has 120 valence electrons. The topological polar surface area (TPSA) is 12.0 Å². The van der Waals surface area contributed by atoms with Crippen molar-refractivity contribution in [2.24, 2.45) is 5.92 Å². The maximum Gasteiger partial charge on any atom is 0.0408 e. The maximum atomic E-state index is 6.10. The lowest BCUT2D eigenvalue weighted by Crippen LogP contribution is -2.39. The van der Waals surface area contributed by atoms with Crippen LogP contribution >= 0.6 is 23.4 Å². The highest BCUT2D eigenvalue weighted by molar-refractivity contribution is 7.99. The summed E-state index contributed by atoms with van der Waals surface area (Å²) in [7, 11) is 0. The van der Waals surface area contributed by atoms with Crippen molar-refractivity contribution in [3.05, 3.63) is 34.9 Å². The van der Waals surface area contributed by atoms with Crippen molar-refractivity contribution < 1.29 is 0 Å². The van der Waals surface area contributed by atoms with Crippen molar-refractivity contribution in [2.75, 3.05) is 18.1 Å². The summed E-state index contributed by atoms with van der Waals surface area (Å²) in [5, 5.41) is 4.50. The summed E-state index contributed by atoms with van der Waals surface area (Å²) >= 11 is 8.15. The Bertz CT molecular complexity index is 400. The van der Waals surface area contributed by atoms with Crippen molar-refractivity contribution in [3.8, 4) is 0 Å². The van der Waals surface area contributed by atoms with E-state index >= 15 is 0 Å². The third-order valence-electron chi connectivity index (χ3n) is 3.44. The van der Waals surface area contributed by atoms with Crippen LogP contribution in [0.25, 0.3) is 0 Å². The molecule has 0 aliphatic heterocycles. The fourth-order valence-electron chi connectivity index (χ4n) is 2.34. The van der Waals surface area contributed by atoms with Gasteiger partial charge >= 0.3 is 0 Å². The van der Waals surface area contributed by atoms with Crippen LogP contribution in [0.5, 0.6) is 0 Å². The summed E-state index contributed by atoms with van der Waals surface area (Å²) in [5.41, 5.74) is 1.54. The van der Waals surface area contributed by atoms with Gasteiger partial charge in [0.2, 0.25) is 0 Å².